The summed E-state index contributed by atoms with van der Waals surface area (Å²) in [4.78, 5) is 23.8. The lowest BCUT2D eigenvalue weighted by molar-refractivity contribution is -0.129. The molecule has 0 unspecified atom stereocenters. The van der Waals surface area contributed by atoms with Gasteiger partial charge in [0.25, 0.3) is 0 Å². The van der Waals surface area contributed by atoms with Crippen molar-refractivity contribution in [1.29, 1.82) is 0 Å². The Kier molecular flexibility index (Phi) is 6.31. The number of rotatable bonds is 7. The molecular weight excluding hydrogens is 312 g/mol. The van der Waals surface area contributed by atoms with Gasteiger partial charge in [0, 0.05) is 12.3 Å². The molecule has 2 rings (SSSR count). The van der Waals surface area contributed by atoms with Crippen LogP contribution in [-0.4, -0.2) is 24.0 Å². The lowest BCUT2D eigenvalue weighted by Crippen LogP contribution is -2.50. The number of ether oxygens (including phenoxy) is 1. The summed E-state index contributed by atoms with van der Waals surface area (Å²) < 4.78 is 5.76. The molecule has 0 fully saturated rings. The minimum Gasteiger partial charge on any atom is -0.371 e. The van der Waals surface area contributed by atoms with Gasteiger partial charge in [-0.2, -0.15) is 11.3 Å². The third-order valence-corrected chi connectivity index (χ3v) is 3.94. The molecule has 0 saturated carbocycles. The van der Waals surface area contributed by atoms with Crippen LogP contribution < -0.4 is 10.6 Å². The molecule has 0 aliphatic rings. The molecule has 5 nitrogen and oxygen atoms in total. The zero-order chi connectivity index (χ0) is 16.7. The molecular formula is C17H20N2O3S. The van der Waals surface area contributed by atoms with Gasteiger partial charge in [-0.15, -0.1) is 0 Å². The van der Waals surface area contributed by atoms with E-state index in [2.05, 4.69) is 10.6 Å². The summed E-state index contributed by atoms with van der Waals surface area (Å²) in [5, 5.41) is 9.14. The van der Waals surface area contributed by atoms with Gasteiger partial charge >= 0.3 is 0 Å². The molecule has 2 atom stereocenters. The van der Waals surface area contributed by atoms with E-state index < -0.39 is 12.1 Å². The summed E-state index contributed by atoms with van der Waals surface area (Å²) in [7, 11) is 0. The van der Waals surface area contributed by atoms with E-state index in [9.17, 15) is 9.59 Å². The van der Waals surface area contributed by atoms with Gasteiger partial charge in [-0.1, -0.05) is 30.3 Å². The fourth-order valence-corrected chi connectivity index (χ4v) is 2.66. The summed E-state index contributed by atoms with van der Waals surface area (Å²) in [5.41, 5.74) is 1.73. The van der Waals surface area contributed by atoms with E-state index in [-0.39, 0.29) is 11.8 Å². The third kappa shape index (κ3) is 5.50. The van der Waals surface area contributed by atoms with E-state index in [1.165, 1.54) is 18.3 Å². The van der Waals surface area contributed by atoms with Crippen LogP contribution >= 0.6 is 11.3 Å². The van der Waals surface area contributed by atoms with Crippen LogP contribution in [0.25, 0.3) is 0 Å². The fraction of sp³-hybridized carbons (Fsp3) is 0.294. The predicted octanol–water partition coefficient (Wildman–Crippen LogP) is 2.80. The van der Waals surface area contributed by atoms with Crippen molar-refractivity contribution in [2.75, 3.05) is 5.32 Å². The van der Waals surface area contributed by atoms with Crippen molar-refractivity contribution in [1.82, 2.24) is 5.32 Å². The van der Waals surface area contributed by atoms with Gasteiger partial charge in [-0.25, -0.2) is 0 Å². The summed E-state index contributed by atoms with van der Waals surface area (Å²) in [6.45, 7) is 3.54. The zero-order valence-corrected chi connectivity index (χ0v) is 13.9. The Hall–Kier alpha value is -2.18. The standard InChI is InChI=1S/C17H20N2O3S/c1-12(22-10-14-6-4-3-5-7-14)16(18-13(2)20)17(21)19-15-8-9-23-11-15/h3-9,11-12,16H,10H2,1-2H3,(H,18,20)(H,19,21)/t12-,16+/m1/s1. The van der Waals surface area contributed by atoms with Gasteiger partial charge in [-0.05, 0) is 23.9 Å². The maximum Gasteiger partial charge on any atom is 0.249 e. The number of hydrogen-bond donors (Lipinski definition) is 2. The highest BCUT2D eigenvalue weighted by Gasteiger charge is 2.27. The minimum atomic E-state index is -0.754. The van der Waals surface area contributed by atoms with E-state index in [1.807, 2.05) is 47.2 Å². The Morgan fingerprint density at radius 3 is 2.57 bits per heavy atom. The van der Waals surface area contributed by atoms with Gasteiger partial charge in [0.1, 0.15) is 6.04 Å². The molecule has 2 N–H and O–H groups in total. The monoisotopic (exact) mass is 332 g/mol. The van der Waals surface area contributed by atoms with Gasteiger partial charge in [-0.3, -0.25) is 9.59 Å². The summed E-state index contributed by atoms with van der Waals surface area (Å²) in [6.07, 6.45) is -0.460. The number of carbonyl (C=O) groups excluding carboxylic acids is 2. The fourth-order valence-electron chi connectivity index (χ4n) is 2.07. The zero-order valence-electron chi connectivity index (χ0n) is 13.1. The molecule has 6 heteroatoms. The Morgan fingerprint density at radius 1 is 1.22 bits per heavy atom. The summed E-state index contributed by atoms with van der Waals surface area (Å²) in [5.74, 6) is -0.565. The summed E-state index contributed by atoms with van der Waals surface area (Å²) in [6, 6.07) is 10.7. The Bertz CT molecular complexity index is 629. The minimum absolute atomic E-state index is 0.273. The second kappa shape index (κ2) is 8.45. The van der Waals surface area contributed by atoms with Crippen LogP contribution in [0.15, 0.2) is 47.2 Å². The average Bonchev–Trinajstić information content (AvgIpc) is 3.04. The maximum absolute atomic E-state index is 12.4. The first-order valence-electron chi connectivity index (χ1n) is 7.32. The lowest BCUT2D eigenvalue weighted by Gasteiger charge is -2.24. The molecule has 1 aromatic heterocycles. The number of anilines is 1. The van der Waals surface area contributed by atoms with E-state index in [0.29, 0.717) is 12.3 Å². The normalized spacial score (nSPS) is 13.1. The van der Waals surface area contributed by atoms with Gasteiger partial charge in [0.15, 0.2) is 0 Å². The average molecular weight is 332 g/mol. The van der Waals surface area contributed by atoms with Crippen molar-refractivity contribution in [2.24, 2.45) is 0 Å². The molecule has 2 aromatic rings. The molecule has 2 amide bonds. The molecule has 0 spiro atoms. The molecule has 1 heterocycles. The van der Waals surface area contributed by atoms with E-state index in [4.69, 9.17) is 4.74 Å². The van der Waals surface area contributed by atoms with Crippen molar-refractivity contribution in [3.05, 3.63) is 52.7 Å². The number of nitrogens with one attached hydrogen (secondary N) is 2. The second-order valence-corrected chi connectivity index (χ2v) is 5.96. The van der Waals surface area contributed by atoms with Crippen molar-refractivity contribution in [3.8, 4) is 0 Å². The Morgan fingerprint density at radius 2 is 1.96 bits per heavy atom. The summed E-state index contributed by atoms with van der Waals surface area (Å²) >= 11 is 1.49. The molecule has 122 valence electrons. The van der Waals surface area contributed by atoms with Crippen molar-refractivity contribution < 1.29 is 14.3 Å². The largest absolute Gasteiger partial charge is 0.371 e. The van der Waals surface area contributed by atoms with Crippen LogP contribution in [0.4, 0.5) is 5.69 Å². The number of hydrogen-bond acceptors (Lipinski definition) is 4. The maximum atomic E-state index is 12.4. The Balaban J connectivity index is 1.98. The van der Waals surface area contributed by atoms with Crippen LogP contribution in [0.2, 0.25) is 0 Å². The molecule has 0 radical (unpaired) electrons. The van der Waals surface area contributed by atoms with Crippen LogP contribution in [0.3, 0.4) is 0 Å². The van der Waals surface area contributed by atoms with Gasteiger partial charge in [0.2, 0.25) is 11.8 Å². The second-order valence-electron chi connectivity index (χ2n) is 5.18. The molecule has 0 aliphatic carbocycles. The first kappa shape index (κ1) is 17.2. The van der Waals surface area contributed by atoms with Crippen molar-refractivity contribution >= 4 is 28.8 Å². The van der Waals surface area contributed by atoms with E-state index in [0.717, 1.165) is 5.56 Å². The quantitative estimate of drug-likeness (QED) is 0.819. The topological polar surface area (TPSA) is 67.4 Å². The van der Waals surface area contributed by atoms with Gasteiger partial charge in [0.05, 0.1) is 18.4 Å². The molecule has 0 aliphatic heterocycles. The smallest absolute Gasteiger partial charge is 0.249 e. The van der Waals surface area contributed by atoms with Crippen LogP contribution in [0.5, 0.6) is 0 Å². The van der Waals surface area contributed by atoms with Crippen LogP contribution in [0.1, 0.15) is 19.4 Å². The van der Waals surface area contributed by atoms with Crippen molar-refractivity contribution in [2.45, 2.75) is 32.6 Å². The third-order valence-electron chi connectivity index (χ3n) is 3.26. The Labute approximate surface area is 139 Å². The molecule has 1 aromatic carbocycles. The number of carbonyl (C=O) groups is 2. The van der Waals surface area contributed by atoms with Crippen LogP contribution in [0, 0.1) is 0 Å². The highest BCUT2D eigenvalue weighted by molar-refractivity contribution is 7.08. The van der Waals surface area contributed by atoms with Gasteiger partial charge < -0.3 is 15.4 Å². The molecule has 0 bridgehead atoms. The highest BCUT2D eigenvalue weighted by atomic mass is 32.1. The number of amides is 2. The molecule has 0 saturated heterocycles. The predicted molar refractivity (Wildman–Crippen MR) is 91.2 cm³/mol. The highest BCUT2D eigenvalue weighted by Crippen LogP contribution is 2.13. The lowest BCUT2D eigenvalue weighted by atomic mass is 10.1. The van der Waals surface area contributed by atoms with E-state index >= 15 is 0 Å². The van der Waals surface area contributed by atoms with Crippen molar-refractivity contribution in [3.63, 3.8) is 0 Å². The number of thiophene rings is 1. The first-order valence-corrected chi connectivity index (χ1v) is 8.26. The SMILES string of the molecule is CC(=O)N[C@H](C(=O)Nc1ccsc1)[C@@H](C)OCc1ccccc1. The van der Waals surface area contributed by atoms with Crippen LogP contribution in [-0.2, 0) is 20.9 Å². The van der Waals surface area contributed by atoms with E-state index in [1.54, 1.807) is 6.92 Å². The first-order chi connectivity index (χ1) is 11.1. The molecule has 23 heavy (non-hydrogen) atoms. The number of benzene rings is 1.